The van der Waals surface area contributed by atoms with Crippen LogP contribution in [0.15, 0.2) is 72.3 Å². The maximum Gasteiger partial charge on any atom is 0.432 e. The molecule has 0 aromatic heterocycles. The highest BCUT2D eigenvalue weighted by molar-refractivity contribution is 6.74. The van der Waals surface area contributed by atoms with Crippen LogP contribution < -0.4 is 0 Å². The quantitative estimate of drug-likeness (QED) is 0.0737. The number of methoxy groups -OCH3 is 2. The molecular formula is C36H48F6O7Si. The molecule has 1 unspecified atom stereocenters. The third-order valence-corrected chi connectivity index (χ3v) is 13.5. The smallest absolute Gasteiger partial charge is 0.432 e. The van der Waals surface area contributed by atoms with Gasteiger partial charge in [0.05, 0.1) is 6.61 Å². The Balaban J connectivity index is 2.51. The van der Waals surface area contributed by atoms with E-state index in [4.69, 9.17) is 23.4 Å². The maximum absolute atomic E-state index is 14.6. The second-order valence-electron chi connectivity index (χ2n) is 13.8. The zero-order valence-corrected chi connectivity index (χ0v) is 31.0. The van der Waals surface area contributed by atoms with Crippen LogP contribution in [0, 0.1) is 5.92 Å². The van der Waals surface area contributed by atoms with Crippen LogP contribution in [0.2, 0.25) is 18.1 Å². The molecule has 2 rings (SSSR count). The van der Waals surface area contributed by atoms with Gasteiger partial charge in [-0.3, -0.25) is 0 Å². The molecule has 0 aliphatic carbocycles. The van der Waals surface area contributed by atoms with E-state index in [0.29, 0.717) is 5.57 Å². The van der Waals surface area contributed by atoms with Gasteiger partial charge in [-0.15, -0.1) is 0 Å². The van der Waals surface area contributed by atoms with Crippen LogP contribution in [0.1, 0.15) is 58.6 Å². The summed E-state index contributed by atoms with van der Waals surface area (Å²) in [6.45, 7) is 12.8. The van der Waals surface area contributed by atoms with Crippen molar-refractivity contribution >= 4 is 20.3 Å². The molecule has 0 saturated heterocycles. The van der Waals surface area contributed by atoms with E-state index in [2.05, 4.69) is 0 Å². The Morgan fingerprint density at radius 3 is 1.58 bits per heavy atom. The van der Waals surface area contributed by atoms with Gasteiger partial charge in [0.2, 0.25) is 0 Å². The Kier molecular flexibility index (Phi) is 14.5. The van der Waals surface area contributed by atoms with Crippen molar-refractivity contribution in [2.24, 2.45) is 5.92 Å². The van der Waals surface area contributed by atoms with Crippen LogP contribution >= 0.6 is 0 Å². The molecule has 0 aliphatic heterocycles. The zero-order valence-electron chi connectivity index (χ0n) is 30.0. The van der Waals surface area contributed by atoms with Crippen molar-refractivity contribution in [2.75, 3.05) is 27.4 Å². The highest BCUT2D eigenvalue weighted by Gasteiger charge is 2.65. The minimum absolute atomic E-state index is 0.0934. The van der Waals surface area contributed by atoms with Gasteiger partial charge >= 0.3 is 24.3 Å². The van der Waals surface area contributed by atoms with E-state index in [1.54, 1.807) is 13.8 Å². The Labute approximate surface area is 291 Å². The van der Waals surface area contributed by atoms with Crippen molar-refractivity contribution in [1.82, 2.24) is 0 Å². The van der Waals surface area contributed by atoms with Gasteiger partial charge < -0.3 is 23.4 Å². The van der Waals surface area contributed by atoms with E-state index >= 15 is 0 Å². The van der Waals surface area contributed by atoms with E-state index in [9.17, 15) is 35.9 Å². The van der Waals surface area contributed by atoms with Crippen LogP contribution in [0.3, 0.4) is 0 Å². The van der Waals surface area contributed by atoms with E-state index in [1.807, 2.05) is 33.9 Å². The van der Waals surface area contributed by atoms with Gasteiger partial charge in [0.25, 0.3) is 11.2 Å². The fraction of sp³-hybridized carbons (Fsp3) is 0.556. The first-order valence-electron chi connectivity index (χ1n) is 16.0. The molecule has 2 aromatic carbocycles. The highest BCUT2D eigenvalue weighted by atomic mass is 28.4. The summed E-state index contributed by atoms with van der Waals surface area (Å²) < 4.78 is 114. The van der Waals surface area contributed by atoms with E-state index in [1.165, 1.54) is 42.5 Å². The first-order valence-corrected chi connectivity index (χ1v) is 18.9. The Hall–Kier alpha value is -3.20. The molecule has 0 heterocycles. The van der Waals surface area contributed by atoms with Gasteiger partial charge in [-0.2, -0.15) is 26.3 Å². The van der Waals surface area contributed by atoms with Crippen LogP contribution in [0.4, 0.5) is 26.3 Å². The molecule has 7 nitrogen and oxygen atoms in total. The molecule has 14 heteroatoms. The monoisotopic (exact) mass is 734 g/mol. The molecule has 0 N–H and O–H groups in total. The van der Waals surface area contributed by atoms with Crippen molar-refractivity contribution in [3.8, 4) is 0 Å². The van der Waals surface area contributed by atoms with Crippen molar-refractivity contribution in [2.45, 2.75) is 95.3 Å². The Morgan fingerprint density at radius 1 is 0.760 bits per heavy atom. The maximum atomic E-state index is 14.6. The lowest BCUT2D eigenvalue weighted by molar-refractivity contribution is -0.279. The normalized spacial score (nSPS) is 16.4. The van der Waals surface area contributed by atoms with Gasteiger partial charge in [-0.1, -0.05) is 87.0 Å². The van der Waals surface area contributed by atoms with Crippen molar-refractivity contribution < 1.29 is 59.3 Å². The number of halogens is 6. The van der Waals surface area contributed by atoms with Gasteiger partial charge in [0, 0.05) is 32.0 Å². The van der Waals surface area contributed by atoms with Gasteiger partial charge in [-0.25, -0.2) is 9.59 Å². The largest absolute Gasteiger partial charge is 0.463 e. The second kappa shape index (κ2) is 16.9. The number of hydrogen-bond acceptors (Lipinski definition) is 7. The van der Waals surface area contributed by atoms with Crippen LogP contribution in [-0.2, 0) is 44.2 Å². The number of ether oxygens (including phenoxy) is 4. The van der Waals surface area contributed by atoms with E-state index in [-0.39, 0.29) is 24.5 Å². The number of allylic oxidation sites excluding steroid dienone is 1. The predicted octanol–water partition coefficient (Wildman–Crippen LogP) is 9.03. The molecule has 0 spiro atoms. The summed E-state index contributed by atoms with van der Waals surface area (Å²) in [5.74, 6) is -4.31. The minimum atomic E-state index is -5.24. The summed E-state index contributed by atoms with van der Waals surface area (Å²) in [5, 5.41) is -0.186. The predicted molar refractivity (Wildman–Crippen MR) is 179 cm³/mol. The average molecular weight is 735 g/mol. The molecule has 0 bridgehead atoms. The molecule has 0 aliphatic rings. The number of carbonyl (C=O) groups is 2. The van der Waals surface area contributed by atoms with Gasteiger partial charge in [0.15, 0.2) is 8.32 Å². The van der Waals surface area contributed by atoms with Crippen molar-refractivity contribution in [1.29, 1.82) is 0 Å². The molecule has 50 heavy (non-hydrogen) atoms. The summed E-state index contributed by atoms with van der Waals surface area (Å²) in [6, 6.07) is 12.6. The van der Waals surface area contributed by atoms with Gasteiger partial charge in [-0.05, 0) is 56.8 Å². The Morgan fingerprint density at radius 2 is 1.20 bits per heavy atom. The van der Waals surface area contributed by atoms with E-state index in [0.717, 1.165) is 38.5 Å². The molecule has 0 radical (unpaired) electrons. The topological polar surface area (TPSA) is 80.3 Å². The zero-order chi connectivity index (χ0) is 38.2. The molecule has 0 fully saturated rings. The second-order valence-corrected chi connectivity index (χ2v) is 18.6. The molecule has 2 aromatic rings. The van der Waals surface area contributed by atoms with Gasteiger partial charge in [0.1, 0.15) is 6.10 Å². The first kappa shape index (κ1) is 43.0. The standard InChI is InChI=1S/C36H48F6O7Si/c1-25(2)22-29(49-31(44)34(46-7,36(40,41)42)28-18-14-11-15-19-28)23-26(20-21-48-50(8,9)32(3,4)5)24-47-30(43)33(45-6,35(37,38)39)27-16-12-10-13-17-27/h10-19,22,26,29H,20-21,23-24H2,1-9H3/t26?,29-,33-,34-/m0/s1. The highest BCUT2D eigenvalue weighted by Crippen LogP contribution is 2.45. The summed E-state index contributed by atoms with van der Waals surface area (Å²) in [5.41, 5.74) is -7.37. The minimum Gasteiger partial charge on any atom is -0.463 e. The number of carbonyl (C=O) groups excluding carboxylic acids is 2. The third kappa shape index (κ3) is 9.77. The van der Waals surface area contributed by atoms with Crippen LogP contribution in [0.25, 0.3) is 0 Å². The molecular weight excluding hydrogens is 686 g/mol. The molecule has 0 amide bonds. The number of hydrogen-bond donors (Lipinski definition) is 0. The Bertz CT molecular complexity index is 1420. The fourth-order valence-corrected chi connectivity index (χ4v) is 6.17. The number of rotatable bonds is 16. The SMILES string of the molecule is CO[C@](C(=O)OCC(CCO[Si](C)(C)C(C)(C)C)C[C@H](C=C(C)C)OC(=O)[C@@](OC)(c1ccccc1)C(F)(F)F)(c1ccccc1)C(F)(F)F. The van der Waals surface area contributed by atoms with Crippen molar-refractivity contribution in [3.05, 3.63) is 83.4 Å². The summed E-state index contributed by atoms with van der Waals surface area (Å²) in [7, 11) is -0.831. The number of esters is 2. The third-order valence-electron chi connectivity index (χ3n) is 8.93. The van der Waals surface area contributed by atoms with Crippen molar-refractivity contribution in [3.63, 3.8) is 0 Å². The lowest BCUT2D eigenvalue weighted by Gasteiger charge is -2.37. The summed E-state index contributed by atoms with van der Waals surface area (Å²) >= 11 is 0. The summed E-state index contributed by atoms with van der Waals surface area (Å²) in [4.78, 5) is 26.9. The number of benzene rings is 2. The average Bonchev–Trinajstić information content (AvgIpc) is 2.99. The van der Waals surface area contributed by atoms with Crippen LogP contribution in [0.5, 0.6) is 0 Å². The first-order chi connectivity index (χ1) is 23.0. The lowest BCUT2D eigenvalue weighted by atomic mass is 9.92. The summed E-state index contributed by atoms with van der Waals surface area (Å²) in [6.07, 6.45) is -10.5. The van der Waals surface area contributed by atoms with Crippen LogP contribution in [-0.4, -0.2) is 66.1 Å². The van der Waals surface area contributed by atoms with E-state index < -0.39 is 73.6 Å². The molecule has 4 atom stereocenters. The fourth-order valence-electron chi connectivity index (χ4n) is 5.11. The number of alkyl halides is 6. The lowest BCUT2D eigenvalue weighted by Crippen LogP contribution is -2.52. The molecule has 280 valence electrons. The molecule has 0 saturated carbocycles.